The molecule has 1 unspecified atom stereocenters. The van der Waals surface area contributed by atoms with Gasteiger partial charge in [-0.2, -0.15) is 0 Å². The van der Waals surface area contributed by atoms with Crippen molar-refractivity contribution in [2.45, 2.75) is 38.3 Å². The smallest absolute Gasteiger partial charge is 0.407 e. The van der Waals surface area contributed by atoms with Gasteiger partial charge in [0.05, 0.1) is 11.6 Å². The lowest BCUT2D eigenvalue weighted by molar-refractivity contribution is 0.102. The van der Waals surface area contributed by atoms with Crippen LogP contribution in [0.2, 0.25) is 0 Å². The summed E-state index contributed by atoms with van der Waals surface area (Å²) in [5, 5.41) is 11.9. The molecule has 17 heavy (non-hydrogen) atoms. The highest BCUT2D eigenvalue weighted by molar-refractivity contribution is 5.78. The summed E-state index contributed by atoms with van der Waals surface area (Å²) in [6, 6.07) is -0.0612. The number of amides is 3. The zero-order chi connectivity index (χ0) is 12.6. The van der Waals surface area contributed by atoms with Crippen molar-refractivity contribution in [2.75, 3.05) is 19.6 Å². The lowest BCUT2D eigenvalue weighted by Gasteiger charge is -2.36. The largest absolute Gasteiger partial charge is 0.465 e. The number of carbonyl (C=O) groups excluding carboxylic acids is 1. The predicted octanol–water partition coefficient (Wildman–Crippen LogP) is 0.933. The summed E-state index contributed by atoms with van der Waals surface area (Å²) in [6.07, 6.45) is 0.808. The Bertz CT molecular complexity index is 343. The van der Waals surface area contributed by atoms with E-state index in [0.717, 1.165) is 12.8 Å². The molecule has 0 spiro atoms. The van der Waals surface area contributed by atoms with Gasteiger partial charge in [-0.3, -0.25) is 0 Å². The first-order valence-electron chi connectivity index (χ1n) is 5.96. The van der Waals surface area contributed by atoms with Gasteiger partial charge in [-0.25, -0.2) is 9.59 Å². The maximum atomic E-state index is 11.8. The Hall–Kier alpha value is -1.46. The van der Waals surface area contributed by atoms with E-state index < -0.39 is 6.09 Å². The maximum absolute atomic E-state index is 11.8. The lowest BCUT2D eigenvalue weighted by Crippen LogP contribution is -2.50. The number of nitrogens with one attached hydrogen (secondary N) is 1. The first-order valence-corrected chi connectivity index (χ1v) is 5.96. The minimum atomic E-state index is -0.895. The van der Waals surface area contributed by atoms with Crippen molar-refractivity contribution >= 4 is 12.1 Å². The molecule has 2 aliphatic rings. The molecular weight excluding hydrogens is 222 g/mol. The number of nitrogens with zero attached hydrogens (tertiary/aromatic N) is 2. The third-order valence-electron chi connectivity index (χ3n) is 3.38. The van der Waals surface area contributed by atoms with Gasteiger partial charge in [0.25, 0.3) is 0 Å². The van der Waals surface area contributed by atoms with Crippen molar-refractivity contribution < 1.29 is 14.7 Å². The van der Waals surface area contributed by atoms with Crippen LogP contribution in [-0.2, 0) is 0 Å². The Morgan fingerprint density at radius 2 is 2.24 bits per heavy atom. The van der Waals surface area contributed by atoms with E-state index in [-0.39, 0.29) is 17.6 Å². The fourth-order valence-corrected chi connectivity index (χ4v) is 2.58. The van der Waals surface area contributed by atoms with Gasteiger partial charge in [-0.15, -0.1) is 0 Å². The van der Waals surface area contributed by atoms with Crippen LogP contribution in [0.15, 0.2) is 0 Å². The first-order chi connectivity index (χ1) is 7.89. The topological polar surface area (TPSA) is 72.9 Å². The number of hydrogen-bond donors (Lipinski definition) is 2. The zero-order valence-corrected chi connectivity index (χ0v) is 10.3. The highest BCUT2D eigenvalue weighted by Gasteiger charge is 2.40. The highest BCUT2D eigenvalue weighted by Crippen LogP contribution is 2.22. The molecule has 2 rings (SSSR count). The Balaban J connectivity index is 2.03. The number of piperidine rings is 1. The highest BCUT2D eigenvalue weighted by atomic mass is 16.4. The molecule has 0 aromatic carbocycles. The van der Waals surface area contributed by atoms with Crippen LogP contribution in [0.4, 0.5) is 9.59 Å². The number of carbonyl (C=O) groups is 2. The van der Waals surface area contributed by atoms with Crippen molar-refractivity contribution in [1.82, 2.24) is 15.1 Å². The minimum absolute atomic E-state index is 0.0154. The summed E-state index contributed by atoms with van der Waals surface area (Å²) in [6.45, 7) is 5.60. The Labute approximate surface area is 101 Å². The minimum Gasteiger partial charge on any atom is -0.465 e. The Morgan fingerprint density at radius 3 is 2.76 bits per heavy atom. The quantitative estimate of drug-likeness (QED) is 0.717. The molecule has 6 heteroatoms. The van der Waals surface area contributed by atoms with E-state index >= 15 is 0 Å². The van der Waals surface area contributed by atoms with Gasteiger partial charge in [-0.1, -0.05) is 0 Å². The first kappa shape index (κ1) is 12.0. The second kappa shape index (κ2) is 4.09. The summed E-state index contributed by atoms with van der Waals surface area (Å²) in [4.78, 5) is 25.9. The molecular formula is C11H19N3O3. The standard InChI is InChI=1S/C11H19N3O3/c1-11(2)7-14(9(15)12-11)8-4-3-5-13(6-8)10(16)17/h8H,3-7H2,1-2H3,(H,12,15)(H,16,17). The van der Waals surface area contributed by atoms with Gasteiger partial charge < -0.3 is 20.2 Å². The van der Waals surface area contributed by atoms with Crippen LogP contribution in [0, 0.1) is 0 Å². The van der Waals surface area contributed by atoms with E-state index in [0.29, 0.717) is 19.6 Å². The van der Waals surface area contributed by atoms with E-state index in [4.69, 9.17) is 5.11 Å². The van der Waals surface area contributed by atoms with Gasteiger partial charge >= 0.3 is 12.1 Å². The van der Waals surface area contributed by atoms with E-state index in [9.17, 15) is 9.59 Å². The molecule has 0 aromatic rings. The normalized spacial score (nSPS) is 28.1. The third-order valence-corrected chi connectivity index (χ3v) is 3.38. The molecule has 3 amide bonds. The van der Waals surface area contributed by atoms with Crippen molar-refractivity contribution in [3.63, 3.8) is 0 Å². The molecule has 96 valence electrons. The van der Waals surface area contributed by atoms with Gasteiger partial charge in [0.2, 0.25) is 0 Å². The molecule has 6 nitrogen and oxygen atoms in total. The molecule has 2 aliphatic heterocycles. The fraction of sp³-hybridized carbons (Fsp3) is 0.818. The molecule has 2 fully saturated rings. The second-order valence-electron chi connectivity index (χ2n) is 5.47. The molecule has 2 saturated heterocycles. The van der Waals surface area contributed by atoms with Crippen molar-refractivity contribution in [3.05, 3.63) is 0 Å². The van der Waals surface area contributed by atoms with E-state index in [1.165, 1.54) is 4.90 Å². The molecule has 2 heterocycles. The van der Waals surface area contributed by atoms with Gasteiger partial charge in [0.1, 0.15) is 0 Å². The van der Waals surface area contributed by atoms with Crippen LogP contribution in [-0.4, -0.2) is 58.2 Å². The number of rotatable bonds is 1. The maximum Gasteiger partial charge on any atom is 0.407 e. The Kier molecular flexibility index (Phi) is 2.89. The number of urea groups is 1. The van der Waals surface area contributed by atoms with Gasteiger partial charge in [0.15, 0.2) is 0 Å². The fourth-order valence-electron chi connectivity index (χ4n) is 2.58. The van der Waals surface area contributed by atoms with Crippen LogP contribution >= 0.6 is 0 Å². The molecule has 0 bridgehead atoms. The van der Waals surface area contributed by atoms with Crippen LogP contribution in [0.1, 0.15) is 26.7 Å². The summed E-state index contributed by atoms with van der Waals surface area (Å²) in [5.74, 6) is 0. The van der Waals surface area contributed by atoms with E-state index in [1.54, 1.807) is 4.90 Å². The summed E-state index contributed by atoms with van der Waals surface area (Å²) < 4.78 is 0. The zero-order valence-electron chi connectivity index (χ0n) is 10.3. The third kappa shape index (κ3) is 2.45. The average molecular weight is 241 g/mol. The number of hydrogen-bond acceptors (Lipinski definition) is 2. The number of carboxylic acid groups (broad SMARTS) is 1. The predicted molar refractivity (Wildman–Crippen MR) is 61.9 cm³/mol. The monoisotopic (exact) mass is 241 g/mol. The second-order valence-corrected chi connectivity index (χ2v) is 5.47. The Morgan fingerprint density at radius 1 is 1.53 bits per heavy atom. The van der Waals surface area contributed by atoms with Gasteiger partial charge in [0, 0.05) is 19.6 Å². The van der Waals surface area contributed by atoms with Crippen molar-refractivity contribution in [3.8, 4) is 0 Å². The molecule has 2 N–H and O–H groups in total. The summed E-state index contributed by atoms with van der Waals surface area (Å²) >= 11 is 0. The number of likely N-dealkylation sites (tertiary alicyclic amines) is 1. The SMILES string of the molecule is CC1(C)CN(C2CCCN(C(=O)O)C2)C(=O)N1. The lowest BCUT2D eigenvalue weighted by atomic mass is 10.0. The van der Waals surface area contributed by atoms with E-state index in [1.807, 2.05) is 13.8 Å². The van der Waals surface area contributed by atoms with E-state index in [2.05, 4.69) is 5.32 Å². The van der Waals surface area contributed by atoms with Crippen LogP contribution in [0.25, 0.3) is 0 Å². The van der Waals surface area contributed by atoms with Crippen molar-refractivity contribution in [1.29, 1.82) is 0 Å². The molecule has 0 aliphatic carbocycles. The molecule has 1 atom stereocenters. The summed E-state index contributed by atoms with van der Waals surface area (Å²) in [7, 11) is 0. The molecule has 0 radical (unpaired) electrons. The van der Waals surface area contributed by atoms with Crippen LogP contribution in [0.3, 0.4) is 0 Å². The van der Waals surface area contributed by atoms with Crippen LogP contribution in [0.5, 0.6) is 0 Å². The molecule has 0 saturated carbocycles. The molecule has 0 aromatic heterocycles. The summed E-state index contributed by atoms with van der Waals surface area (Å²) in [5.41, 5.74) is -0.220. The van der Waals surface area contributed by atoms with Crippen LogP contribution < -0.4 is 5.32 Å². The average Bonchev–Trinajstić information content (AvgIpc) is 2.52. The van der Waals surface area contributed by atoms with Gasteiger partial charge in [-0.05, 0) is 26.7 Å². The van der Waals surface area contributed by atoms with Crippen molar-refractivity contribution in [2.24, 2.45) is 0 Å².